The van der Waals surface area contributed by atoms with Gasteiger partial charge in [0, 0.05) is 30.2 Å². The molecule has 2 aliphatic rings. The summed E-state index contributed by atoms with van der Waals surface area (Å²) in [7, 11) is 0. The summed E-state index contributed by atoms with van der Waals surface area (Å²) in [6.07, 6.45) is 5.93. The van der Waals surface area contributed by atoms with Crippen LogP contribution in [-0.4, -0.2) is 64.0 Å². The maximum Gasteiger partial charge on any atom is 0.254 e. The van der Waals surface area contributed by atoms with Gasteiger partial charge in [0.15, 0.2) is 0 Å². The van der Waals surface area contributed by atoms with E-state index in [1.165, 1.54) is 35.1 Å². The highest BCUT2D eigenvalue weighted by Gasteiger charge is 2.22. The fourth-order valence-electron chi connectivity index (χ4n) is 4.53. The van der Waals surface area contributed by atoms with Gasteiger partial charge in [-0.25, -0.2) is 4.68 Å². The number of ether oxygens (including phenoxy) is 1. The van der Waals surface area contributed by atoms with Gasteiger partial charge in [0.25, 0.3) is 5.95 Å². The van der Waals surface area contributed by atoms with Crippen molar-refractivity contribution in [3.8, 4) is 5.95 Å². The summed E-state index contributed by atoms with van der Waals surface area (Å²) in [4.78, 5) is 15.0. The maximum atomic E-state index is 5.45. The highest BCUT2D eigenvalue weighted by atomic mass is 32.1. The Morgan fingerprint density at radius 3 is 2.77 bits per heavy atom. The fraction of sp³-hybridized carbons (Fsp3) is 0.591. The molecule has 0 amide bonds. The van der Waals surface area contributed by atoms with Crippen LogP contribution in [0.2, 0.25) is 0 Å². The van der Waals surface area contributed by atoms with Crippen molar-refractivity contribution in [3.63, 3.8) is 0 Å². The highest BCUT2D eigenvalue weighted by molar-refractivity contribution is 7.19. The van der Waals surface area contributed by atoms with Crippen molar-refractivity contribution in [1.82, 2.24) is 24.6 Å². The van der Waals surface area contributed by atoms with Gasteiger partial charge >= 0.3 is 0 Å². The number of nitrogens with zero attached hydrogens (tertiary/aromatic N) is 5. The monoisotopic (exact) mass is 426 g/mol. The third-order valence-corrected chi connectivity index (χ3v) is 7.23. The number of thiophene rings is 1. The lowest BCUT2D eigenvalue weighted by atomic mass is 9.97. The van der Waals surface area contributed by atoms with Crippen molar-refractivity contribution in [2.75, 3.05) is 44.7 Å². The van der Waals surface area contributed by atoms with Crippen LogP contribution in [0, 0.1) is 13.8 Å². The summed E-state index contributed by atoms with van der Waals surface area (Å²) in [6.45, 7) is 9.86. The molecule has 0 atom stereocenters. The SMILES string of the molecule is Cc1cc(C)n(-c2nc(NCCCN3CCOCC3)c3c4c(sc3n2)CCCC4)n1. The van der Waals surface area contributed by atoms with Gasteiger partial charge in [-0.2, -0.15) is 15.1 Å². The zero-order valence-electron chi connectivity index (χ0n) is 17.9. The molecule has 0 bridgehead atoms. The molecule has 4 heterocycles. The Balaban J connectivity index is 1.43. The number of fused-ring (bicyclic) bond motifs is 3. The van der Waals surface area contributed by atoms with E-state index in [1.807, 2.05) is 22.9 Å². The topological polar surface area (TPSA) is 68.1 Å². The van der Waals surface area contributed by atoms with Crippen molar-refractivity contribution in [1.29, 1.82) is 0 Å². The predicted octanol–water partition coefficient (Wildman–Crippen LogP) is 3.51. The van der Waals surface area contributed by atoms with Crippen LogP contribution in [-0.2, 0) is 17.6 Å². The van der Waals surface area contributed by atoms with E-state index in [1.54, 1.807) is 0 Å². The van der Waals surface area contributed by atoms with E-state index >= 15 is 0 Å². The van der Waals surface area contributed by atoms with Crippen LogP contribution in [0.3, 0.4) is 0 Å². The Kier molecular flexibility index (Phi) is 5.71. The second-order valence-corrected chi connectivity index (χ2v) is 9.42. The molecule has 160 valence electrons. The minimum Gasteiger partial charge on any atom is -0.379 e. The van der Waals surface area contributed by atoms with Crippen LogP contribution in [0.5, 0.6) is 0 Å². The lowest BCUT2D eigenvalue weighted by Crippen LogP contribution is -2.37. The first-order valence-electron chi connectivity index (χ1n) is 11.1. The first-order valence-corrected chi connectivity index (χ1v) is 11.9. The minimum atomic E-state index is 0.669. The zero-order valence-corrected chi connectivity index (χ0v) is 18.7. The summed E-state index contributed by atoms with van der Waals surface area (Å²) >= 11 is 1.84. The van der Waals surface area contributed by atoms with Crippen molar-refractivity contribution >= 4 is 27.4 Å². The van der Waals surface area contributed by atoms with Crippen LogP contribution >= 0.6 is 11.3 Å². The van der Waals surface area contributed by atoms with Gasteiger partial charge < -0.3 is 10.1 Å². The zero-order chi connectivity index (χ0) is 20.5. The molecule has 3 aromatic heterocycles. The van der Waals surface area contributed by atoms with E-state index in [0.717, 1.165) is 74.3 Å². The quantitative estimate of drug-likeness (QED) is 0.609. The van der Waals surface area contributed by atoms with Crippen LogP contribution in [0.25, 0.3) is 16.2 Å². The molecule has 1 fully saturated rings. The first kappa shape index (κ1) is 19.9. The van der Waals surface area contributed by atoms with E-state index in [4.69, 9.17) is 14.7 Å². The largest absolute Gasteiger partial charge is 0.379 e. The van der Waals surface area contributed by atoms with Gasteiger partial charge in [0.1, 0.15) is 10.6 Å². The van der Waals surface area contributed by atoms with Crippen molar-refractivity contribution < 1.29 is 4.74 Å². The predicted molar refractivity (Wildman–Crippen MR) is 121 cm³/mol. The minimum absolute atomic E-state index is 0.669. The van der Waals surface area contributed by atoms with Crippen molar-refractivity contribution in [2.24, 2.45) is 0 Å². The molecule has 30 heavy (non-hydrogen) atoms. The average molecular weight is 427 g/mol. The van der Waals surface area contributed by atoms with Gasteiger partial charge in [-0.05, 0) is 64.1 Å². The smallest absolute Gasteiger partial charge is 0.254 e. The maximum absolute atomic E-state index is 5.45. The van der Waals surface area contributed by atoms with Gasteiger partial charge in [-0.15, -0.1) is 11.3 Å². The number of nitrogens with one attached hydrogen (secondary N) is 1. The summed E-state index contributed by atoms with van der Waals surface area (Å²) < 4.78 is 7.32. The lowest BCUT2D eigenvalue weighted by molar-refractivity contribution is 0.0378. The van der Waals surface area contributed by atoms with Crippen molar-refractivity contribution in [2.45, 2.75) is 46.0 Å². The van der Waals surface area contributed by atoms with Crippen LogP contribution < -0.4 is 5.32 Å². The van der Waals surface area contributed by atoms with Crippen LogP contribution in [0.15, 0.2) is 6.07 Å². The molecular formula is C22H30N6OS. The third-order valence-electron chi connectivity index (χ3n) is 6.05. The summed E-state index contributed by atoms with van der Waals surface area (Å²) in [6, 6.07) is 2.07. The number of aromatic nitrogens is 4. The number of anilines is 1. The number of rotatable bonds is 6. The molecular weight excluding hydrogens is 396 g/mol. The Morgan fingerprint density at radius 2 is 1.97 bits per heavy atom. The Hall–Kier alpha value is -2.03. The molecule has 0 unspecified atom stereocenters. The second kappa shape index (κ2) is 8.61. The molecule has 1 saturated heterocycles. The molecule has 1 N–H and O–H groups in total. The molecule has 1 aliphatic heterocycles. The number of hydrogen-bond acceptors (Lipinski definition) is 7. The number of morpholine rings is 1. The molecule has 0 saturated carbocycles. The van der Waals surface area contributed by atoms with E-state index in [-0.39, 0.29) is 0 Å². The molecule has 1 aliphatic carbocycles. The fourth-order valence-corrected chi connectivity index (χ4v) is 5.79. The van der Waals surface area contributed by atoms with E-state index in [2.05, 4.69) is 28.3 Å². The summed E-state index contributed by atoms with van der Waals surface area (Å²) in [5.41, 5.74) is 3.52. The third kappa shape index (κ3) is 3.96. The van der Waals surface area contributed by atoms with E-state index in [0.29, 0.717) is 5.95 Å². The normalized spacial score (nSPS) is 17.4. The first-order chi connectivity index (χ1) is 14.7. The Morgan fingerprint density at radius 1 is 1.13 bits per heavy atom. The molecule has 0 aromatic carbocycles. The highest BCUT2D eigenvalue weighted by Crippen LogP contribution is 2.39. The van der Waals surface area contributed by atoms with E-state index < -0.39 is 0 Å². The lowest BCUT2D eigenvalue weighted by Gasteiger charge is -2.26. The molecule has 3 aromatic rings. The molecule has 8 heteroatoms. The number of aryl methyl sites for hydroxylation is 4. The second-order valence-electron chi connectivity index (χ2n) is 8.34. The standard InChI is InChI=1S/C22H30N6OS/c1-15-14-16(2)28(26-15)22-24-20(23-8-5-9-27-10-12-29-13-11-27)19-17-6-3-4-7-18(17)30-21(19)25-22/h14H,3-13H2,1-2H3,(H,23,24,25). The average Bonchev–Trinajstić information content (AvgIpc) is 3.30. The Labute approximate surface area is 181 Å². The molecule has 0 spiro atoms. The van der Waals surface area contributed by atoms with Gasteiger partial charge in [0.05, 0.1) is 24.3 Å². The summed E-state index contributed by atoms with van der Waals surface area (Å²) in [5, 5.41) is 9.52. The molecule has 5 rings (SSSR count). The molecule has 7 nitrogen and oxygen atoms in total. The van der Waals surface area contributed by atoms with Gasteiger partial charge in [-0.1, -0.05) is 0 Å². The molecule has 0 radical (unpaired) electrons. The number of hydrogen-bond donors (Lipinski definition) is 1. The summed E-state index contributed by atoms with van der Waals surface area (Å²) in [5.74, 6) is 1.64. The van der Waals surface area contributed by atoms with Crippen LogP contribution in [0.1, 0.15) is 41.1 Å². The van der Waals surface area contributed by atoms with Crippen molar-refractivity contribution in [3.05, 3.63) is 27.9 Å². The van der Waals surface area contributed by atoms with Gasteiger partial charge in [-0.3, -0.25) is 4.90 Å². The van der Waals surface area contributed by atoms with E-state index in [9.17, 15) is 0 Å². The van der Waals surface area contributed by atoms with Crippen LogP contribution in [0.4, 0.5) is 5.82 Å². The van der Waals surface area contributed by atoms with Gasteiger partial charge in [0.2, 0.25) is 0 Å². The Bertz CT molecular complexity index is 1040.